The molecule has 7 nitrogen and oxygen atoms in total. The van der Waals surface area contributed by atoms with Crippen molar-refractivity contribution in [2.75, 3.05) is 6.54 Å². The van der Waals surface area contributed by atoms with E-state index in [1.54, 1.807) is 24.5 Å². The molecule has 4 rings (SSSR count). The summed E-state index contributed by atoms with van der Waals surface area (Å²) in [5.74, 6) is 0.905. The summed E-state index contributed by atoms with van der Waals surface area (Å²) in [5.41, 5.74) is 1.50. The molecule has 3 aromatic rings. The number of carbonyl (C=O) groups is 1. The van der Waals surface area contributed by atoms with Crippen LogP contribution in [0, 0.1) is 0 Å². The number of carbonyl (C=O) groups excluding carboxylic acids is 1. The summed E-state index contributed by atoms with van der Waals surface area (Å²) in [6, 6.07) is 13.5. The van der Waals surface area contributed by atoms with E-state index in [0.29, 0.717) is 12.2 Å². The highest BCUT2D eigenvalue weighted by atomic mass is 16.5. The van der Waals surface area contributed by atoms with Crippen LogP contribution in [0.15, 0.2) is 61.1 Å². The van der Waals surface area contributed by atoms with Gasteiger partial charge >= 0.3 is 0 Å². The number of para-hydroxylation sites is 1. The summed E-state index contributed by atoms with van der Waals surface area (Å²) in [6.07, 6.45) is 9.34. The first-order valence-electron chi connectivity index (χ1n) is 10.1. The van der Waals surface area contributed by atoms with E-state index in [1.165, 1.54) is 0 Å². The van der Waals surface area contributed by atoms with Crippen LogP contribution in [-0.2, 0) is 13.2 Å². The van der Waals surface area contributed by atoms with E-state index in [-0.39, 0.29) is 11.9 Å². The van der Waals surface area contributed by atoms with Crippen molar-refractivity contribution in [3.05, 3.63) is 72.3 Å². The summed E-state index contributed by atoms with van der Waals surface area (Å²) >= 11 is 0. The fourth-order valence-corrected chi connectivity index (χ4v) is 3.70. The van der Waals surface area contributed by atoms with Gasteiger partial charge in [0.15, 0.2) is 0 Å². The monoisotopic (exact) mass is 391 g/mol. The van der Waals surface area contributed by atoms with Crippen molar-refractivity contribution in [3.63, 3.8) is 0 Å². The zero-order valence-corrected chi connectivity index (χ0v) is 16.4. The van der Waals surface area contributed by atoms with E-state index in [2.05, 4.69) is 15.3 Å². The molecule has 1 amide bonds. The van der Waals surface area contributed by atoms with Gasteiger partial charge in [0, 0.05) is 37.1 Å². The Morgan fingerprint density at radius 1 is 1.10 bits per heavy atom. The second-order valence-electron chi connectivity index (χ2n) is 7.25. The van der Waals surface area contributed by atoms with Gasteiger partial charge in [-0.25, -0.2) is 0 Å². The molecular formula is C22H25N5O2. The Hall–Kier alpha value is -3.22. The molecule has 1 atom stereocenters. The number of hydrogen-bond donors (Lipinski definition) is 0. The van der Waals surface area contributed by atoms with Crippen LogP contribution < -0.4 is 4.74 Å². The number of rotatable bonds is 7. The topological polar surface area (TPSA) is 73.1 Å². The van der Waals surface area contributed by atoms with Crippen molar-refractivity contribution in [3.8, 4) is 5.75 Å². The van der Waals surface area contributed by atoms with Crippen molar-refractivity contribution in [1.29, 1.82) is 0 Å². The van der Waals surface area contributed by atoms with Crippen molar-refractivity contribution in [2.24, 2.45) is 0 Å². The number of piperidine rings is 1. The molecule has 1 unspecified atom stereocenters. The Balaban J connectivity index is 1.32. The lowest BCUT2D eigenvalue weighted by atomic mass is 9.98. The molecule has 150 valence electrons. The van der Waals surface area contributed by atoms with Gasteiger partial charge < -0.3 is 9.64 Å². The standard InChI is InChI=1S/C22H25N5O2/c28-22(18-9-12-23-13-10-18)27-14-5-4-6-20(27)11-15-26-16-19(24-25-26)17-29-21-7-2-1-3-8-21/h1-3,7-10,12-13,16,20H,4-6,11,14-15,17H2. The van der Waals surface area contributed by atoms with Crippen LogP contribution in [0.25, 0.3) is 0 Å². The van der Waals surface area contributed by atoms with Gasteiger partial charge in [-0.15, -0.1) is 5.10 Å². The molecule has 1 aliphatic rings. The molecule has 1 saturated heterocycles. The molecule has 29 heavy (non-hydrogen) atoms. The van der Waals surface area contributed by atoms with Crippen LogP contribution in [0.3, 0.4) is 0 Å². The lowest BCUT2D eigenvalue weighted by molar-refractivity contribution is 0.0593. The van der Waals surface area contributed by atoms with Crippen molar-refractivity contribution >= 4 is 5.91 Å². The van der Waals surface area contributed by atoms with Crippen molar-refractivity contribution in [2.45, 2.75) is 44.9 Å². The van der Waals surface area contributed by atoms with E-state index in [9.17, 15) is 4.79 Å². The van der Waals surface area contributed by atoms with Gasteiger partial charge in [-0.2, -0.15) is 0 Å². The minimum atomic E-state index is 0.0904. The van der Waals surface area contributed by atoms with Crippen molar-refractivity contribution in [1.82, 2.24) is 24.9 Å². The third-order valence-electron chi connectivity index (χ3n) is 5.22. The maximum atomic E-state index is 12.9. The molecular weight excluding hydrogens is 366 g/mol. The van der Waals surface area contributed by atoms with Gasteiger partial charge in [-0.1, -0.05) is 23.4 Å². The Morgan fingerprint density at radius 3 is 2.76 bits per heavy atom. The maximum Gasteiger partial charge on any atom is 0.254 e. The molecule has 1 aromatic carbocycles. The number of benzene rings is 1. The third-order valence-corrected chi connectivity index (χ3v) is 5.22. The predicted octanol–water partition coefficient (Wildman–Crippen LogP) is 3.34. The molecule has 0 N–H and O–H groups in total. The predicted molar refractivity (Wildman–Crippen MR) is 108 cm³/mol. The fourth-order valence-electron chi connectivity index (χ4n) is 3.70. The van der Waals surface area contributed by atoms with Crippen LogP contribution >= 0.6 is 0 Å². The molecule has 7 heteroatoms. The number of amides is 1. The number of aryl methyl sites for hydroxylation is 1. The zero-order chi connectivity index (χ0) is 19.9. The minimum Gasteiger partial charge on any atom is -0.487 e. The van der Waals surface area contributed by atoms with Gasteiger partial charge in [0.05, 0.1) is 6.20 Å². The molecule has 3 heterocycles. The van der Waals surface area contributed by atoms with Crippen LogP contribution in [0.5, 0.6) is 5.75 Å². The highest BCUT2D eigenvalue weighted by Crippen LogP contribution is 2.22. The third kappa shape index (κ3) is 4.99. The van der Waals surface area contributed by atoms with Crippen LogP contribution in [-0.4, -0.2) is 43.4 Å². The Kier molecular flexibility index (Phi) is 6.14. The first kappa shape index (κ1) is 19.1. The number of pyridine rings is 1. The minimum absolute atomic E-state index is 0.0904. The molecule has 0 aliphatic carbocycles. The molecule has 0 bridgehead atoms. The summed E-state index contributed by atoms with van der Waals surface area (Å²) in [7, 11) is 0. The zero-order valence-electron chi connectivity index (χ0n) is 16.4. The smallest absolute Gasteiger partial charge is 0.254 e. The quantitative estimate of drug-likeness (QED) is 0.618. The van der Waals surface area contributed by atoms with E-state index >= 15 is 0 Å². The van der Waals surface area contributed by atoms with Gasteiger partial charge in [-0.3, -0.25) is 14.5 Å². The fraction of sp³-hybridized carbons (Fsp3) is 0.364. The average molecular weight is 391 g/mol. The van der Waals surface area contributed by atoms with Crippen LogP contribution in [0.2, 0.25) is 0 Å². The number of nitrogens with zero attached hydrogens (tertiary/aromatic N) is 5. The van der Waals surface area contributed by atoms with Crippen molar-refractivity contribution < 1.29 is 9.53 Å². The molecule has 2 aromatic heterocycles. The normalized spacial score (nSPS) is 16.6. The molecule has 0 saturated carbocycles. The lowest BCUT2D eigenvalue weighted by Crippen LogP contribution is -2.44. The average Bonchev–Trinajstić information content (AvgIpc) is 3.25. The molecule has 0 radical (unpaired) electrons. The number of aromatic nitrogens is 4. The summed E-state index contributed by atoms with van der Waals surface area (Å²) in [4.78, 5) is 18.9. The SMILES string of the molecule is O=C(c1ccncc1)N1CCCCC1CCn1cc(COc2ccccc2)nn1. The van der Waals surface area contributed by atoms with Gasteiger partial charge in [0.1, 0.15) is 18.1 Å². The molecule has 1 aliphatic heterocycles. The molecule has 0 spiro atoms. The second kappa shape index (κ2) is 9.32. The van der Waals surface area contributed by atoms with Crippen LogP contribution in [0.4, 0.5) is 0 Å². The first-order chi connectivity index (χ1) is 14.3. The summed E-state index contributed by atoms with van der Waals surface area (Å²) < 4.78 is 7.56. The Morgan fingerprint density at radius 2 is 1.93 bits per heavy atom. The highest BCUT2D eigenvalue weighted by molar-refractivity contribution is 5.94. The van der Waals surface area contributed by atoms with E-state index < -0.39 is 0 Å². The largest absolute Gasteiger partial charge is 0.487 e. The van der Waals surface area contributed by atoms with Gasteiger partial charge in [-0.05, 0) is 49.9 Å². The number of likely N-dealkylation sites (tertiary alicyclic amines) is 1. The first-order valence-corrected chi connectivity index (χ1v) is 10.1. The van der Waals surface area contributed by atoms with E-state index in [0.717, 1.165) is 50.2 Å². The van der Waals surface area contributed by atoms with E-state index in [4.69, 9.17) is 4.74 Å². The number of ether oxygens (including phenoxy) is 1. The number of hydrogen-bond acceptors (Lipinski definition) is 5. The van der Waals surface area contributed by atoms with Gasteiger partial charge in [0.25, 0.3) is 5.91 Å². The second-order valence-corrected chi connectivity index (χ2v) is 7.25. The van der Waals surface area contributed by atoms with Gasteiger partial charge in [0.2, 0.25) is 0 Å². The highest BCUT2D eigenvalue weighted by Gasteiger charge is 2.27. The summed E-state index contributed by atoms with van der Waals surface area (Å²) in [6.45, 7) is 1.92. The summed E-state index contributed by atoms with van der Waals surface area (Å²) in [5, 5.41) is 8.41. The van der Waals surface area contributed by atoms with Crippen LogP contribution in [0.1, 0.15) is 41.7 Å². The Bertz CT molecular complexity index is 913. The lowest BCUT2D eigenvalue weighted by Gasteiger charge is -2.36. The van der Waals surface area contributed by atoms with E-state index in [1.807, 2.05) is 46.1 Å². The Labute approximate surface area is 170 Å². The molecule has 1 fully saturated rings. The maximum absolute atomic E-state index is 12.9.